The van der Waals surface area contributed by atoms with Gasteiger partial charge in [-0.05, 0) is 25.3 Å². The molecule has 5 rings (SSSR count). The first kappa shape index (κ1) is 21.4. The average Bonchev–Trinajstić information content (AvgIpc) is 3.04. The lowest BCUT2D eigenvalue weighted by atomic mass is 9.35. The summed E-state index contributed by atoms with van der Waals surface area (Å²) in [6, 6.07) is 0. The van der Waals surface area contributed by atoms with Crippen LogP contribution >= 0.6 is 0 Å². The lowest BCUT2D eigenvalue weighted by Gasteiger charge is -2.71. The molecule has 0 aromatic heterocycles. The van der Waals surface area contributed by atoms with E-state index in [1.54, 1.807) is 6.92 Å². The molecule has 2 aliphatic heterocycles. The first-order valence-corrected chi connectivity index (χ1v) is 10.2. The number of aliphatic hydroxyl groups excluding tert-OH is 4. The van der Waals surface area contributed by atoms with Gasteiger partial charge in [-0.15, -0.1) is 0 Å². The van der Waals surface area contributed by atoms with Gasteiger partial charge in [0.05, 0.1) is 18.6 Å². The molecule has 1 unspecified atom stereocenters. The predicted molar refractivity (Wildman–Crippen MR) is 96.7 cm³/mol. The summed E-state index contributed by atoms with van der Waals surface area (Å²) in [5, 5.41) is 77.4. The minimum atomic E-state index is -2.98. The summed E-state index contributed by atoms with van der Waals surface area (Å²) in [5.74, 6) is -6.66. The maximum atomic E-state index is 12.6. The highest BCUT2D eigenvalue weighted by Crippen LogP contribution is 2.75. The Kier molecular flexibility index (Phi) is 3.95. The van der Waals surface area contributed by atoms with Crippen LogP contribution in [0.2, 0.25) is 0 Å². The van der Waals surface area contributed by atoms with Gasteiger partial charge < -0.3 is 45.2 Å². The molecule has 11 heteroatoms. The summed E-state index contributed by atoms with van der Waals surface area (Å²) in [7, 11) is 0. The number of hydrogen-bond acceptors (Lipinski definition) is 11. The van der Waals surface area contributed by atoms with Gasteiger partial charge in [0, 0.05) is 11.3 Å². The molecule has 5 aliphatic rings. The highest BCUT2D eigenvalue weighted by Gasteiger charge is 2.91. The molecule has 2 saturated carbocycles. The Balaban J connectivity index is 1.87. The topological polar surface area (TPSA) is 194 Å². The highest BCUT2D eigenvalue weighted by atomic mass is 16.7. The molecule has 0 radical (unpaired) electrons. The van der Waals surface area contributed by atoms with Gasteiger partial charge in [0.25, 0.3) is 0 Å². The minimum absolute atomic E-state index is 0.0164. The maximum absolute atomic E-state index is 12.6. The normalized spacial score (nSPS) is 60.1. The number of hydrogen-bond donors (Lipinski definition) is 7. The molecule has 2 saturated heterocycles. The molecule has 7 N–H and O–H groups in total. The van der Waals surface area contributed by atoms with E-state index in [0.717, 1.165) is 0 Å². The SMILES string of the molecule is CC1=CC(=O)[C@@H](O)[C@]2(C)[C@H]3C4(O)OC[C@@]35[C@@H](C[C@@H]12)OC(=O)[C@H](O)[C@@]5(O)[C@@](O)(CO)[C@H]4O. The van der Waals surface area contributed by atoms with E-state index in [-0.39, 0.29) is 6.42 Å². The Morgan fingerprint density at radius 3 is 2.39 bits per heavy atom. The molecule has 4 fully saturated rings. The number of rotatable bonds is 1. The van der Waals surface area contributed by atoms with Crippen molar-refractivity contribution in [1.29, 1.82) is 0 Å². The fourth-order valence-electron chi connectivity index (χ4n) is 7.66. The molecule has 0 amide bonds. The number of ether oxygens (including phenoxy) is 2. The highest BCUT2D eigenvalue weighted by molar-refractivity contribution is 5.96. The number of fused-ring (bicyclic) bond motifs is 1. The molecule has 0 aromatic rings. The van der Waals surface area contributed by atoms with Crippen molar-refractivity contribution in [3.63, 3.8) is 0 Å². The Morgan fingerprint density at radius 1 is 1.13 bits per heavy atom. The smallest absolute Gasteiger partial charge is 0.338 e. The van der Waals surface area contributed by atoms with Crippen molar-refractivity contribution in [2.24, 2.45) is 22.7 Å². The number of esters is 1. The summed E-state index contributed by atoms with van der Waals surface area (Å²) < 4.78 is 11.0. The first-order chi connectivity index (χ1) is 14.3. The van der Waals surface area contributed by atoms with Crippen LogP contribution in [0.4, 0.5) is 0 Å². The summed E-state index contributed by atoms with van der Waals surface area (Å²) in [4.78, 5) is 25.1. The van der Waals surface area contributed by atoms with Gasteiger partial charge >= 0.3 is 5.97 Å². The number of ketones is 1. The third kappa shape index (κ3) is 1.84. The fourth-order valence-corrected chi connectivity index (χ4v) is 7.66. The van der Waals surface area contributed by atoms with Gasteiger partial charge in [-0.25, -0.2) is 4.79 Å². The Labute approximate surface area is 176 Å². The third-order valence-electron chi connectivity index (χ3n) is 8.98. The van der Waals surface area contributed by atoms with E-state index in [1.165, 1.54) is 13.0 Å². The lowest BCUT2D eigenvalue weighted by Crippen LogP contribution is -2.90. The average molecular weight is 442 g/mol. The zero-order chi connectivity index (χ0) is 22.9. The standard InChI is InChI=1S/C20H26O11/c1-7-3-9(22)11(23)16(2)8(7)4-10-17-6-30-19(28,14(16)17)15(26)18(27,5-21)20(17,29)12(24)13(25)31-10/h3,8,10-12,14-15,21,23-24,26-29H,4-6H2,1-2H3/t8-,10+,11+,12-,14+,15+,16+,17+,18+,19?,20-/m0/s1. The number of carbonyl (C=O) groups is 2. The van der Waals surface area contributed by atoms with Crippen LogP contribution in [-0.4, -0.2) is 102 Å². The molecule has 2 heterocycles. The predicted octanol–water partition coefficient (Wildman–Crippen LogP) is -3.66. The van der Waals surface area contributed by atoms with Crippen LogP contribution in [-0.2, 0) is 19.1 Å². The molecule has 11 atom stereocenters. The molecule has 1 spiro atoms. The van der Waals surface area contributed by atoms with Crippen LogP contribution in [0.15, 0.2) is 11.6 Å². The Bertz CT molecular complexity index is 919. The van der Waals surface area contributed by atoms with Gasteiger partial charge in [-0.2, -0.15) is 0 Å². The van der Waals surface area contributed by atoms with Gasteiger partial charge in [-0.3, -0.25) is 4.79 Å². The fraction of sp³-hybridized carbons (Fsp3) is 0.800. The van der Waals surface area contributed by atoms with E-state index >= 15 is 0 Å². The lowest BCUT2D eigenvalue weighted by molar-refractivity contribution is -0.416. The van der Waals surface area contributed by atoms with Gasteiger partial charge in [0.15, 0.2) is 23.3 Å². The monoisotopic (exact) mass is 442 g/mol. The van der Waals surface area contributed by atoms with E-state index in [9.17, 15) is 45.3 Å². The van der Waals surface area contributed by atoms with Crippen LogP contribution in [0.1, 0.15) is 20.3 Å². The van der Waals surface area contributed by atoms with Crippen LogP contribution in [0.5, 0.6) is 0 Å². The zero-order valence-electron chi connectivity index (χ0n) is 16.9. The zero-order valence-corrected chi connectivity index (χ0v) is 16.9. The second-order valence-electron chi connectivity index (χ2n) is 9.94. The van der Waals surface area contributed by atoms with Crippen LogP contribution in [0.3, 0.4) is 0 Å². The van der Waals surface area contributed by atoms with Crippen molar-refractivity contribution in [2.75, 3.05) is 13.2 Å². The van der Waals surface area contributed by atoms with Crippen LogP contribution in [0, 0.1) is 22.7 Å². The van der Waals surface area contributed by atoms with Crippen molar-refractivity contribution in [3.8, 4) is 0 Å². The van der Waals surface area contributed by atoms with Gasteiger partial charge in [0.1, 0.15) is 23.9 Å². The van der Waals surface area contributed by atoms with E-state index in [4.69, 9.17) is 9.47 Å². The van der Waals surface area contributed by atoms with Gasteiger partial charge in [-0.1, -0.05) is 12.5 Å². The van der Waals surface area contributed by atoms with E-state index in [2.05, 4.69) is 0 Å². The summed E-state index contributed by atoms with van der Waals surface area (Å²) in [5.41, 5.74) is -8.85. The summed E-state index contributed by atoms with van der Waals surface area (Å²) in [6.07, 6.45) is -6.46. The first-order valence-electron chi connectivity index (χ1n) is 10.2. The number of allylic oxidation sites excluding steroid dienone is 1. The molecular formula is C20H26O11. The largest absolute Gasteiger partial charge is 0.460 e. The van der Waals surface area contributed by atoms with E-state index < -0.39 is 89.0 Å². The molecule has 172 valence electrons. The summed E-state index contributed by atoms with van der Waals surface area (Å²) >= 11 is 0. The Morgan fingerprint density at radius 2 is 1.77 bits per heavy atom. The van der Waals surface area contributed by atoms with Crippen molar-refractivity contribution in [2.45, 2.75) is 61.7 Å². The summed E-state index contributed by atoms with van der Waals surface area (Å²) in [6.45, 7) is 1.23. The van der Waals surface area contributed by atoms with Crippen molar-refractivity contribution >= 4 is 11.8 Å². The van der Waals surface area contributed by atoms with E-state index in [1.807, 2.05) is 0 Å². The molecule has 2 bridgehead atoms. The van der Waals surface area contributed by atoms with Gasteiger partial charge in [0.2, 0.25) is 0 Å². The quantitative estimate of drug-likeness (QED) is 0.198. The maximum Gasteiger partial charge on any atom is 0.338 e. The molecule has 0 aromatic carbocycles. The third-order valence-corrected chi connectivity index (χ3v) is 8.98. The van der Waals surface area contributed by atoms with Crippen molar-refractivity contribution in [3.05, 3.63) is 11.6 Å². The minimum Gasteiger partial charge on any atom is -0.460 e. The molecular weight excluding hydrogens is 416 g/mol. The van der Waals surface area contributed by atoms with Crippen molar-refractivity contribution < 1.29 is 54.8 Å². The number of carbonyl (C=O) groups excluding carboxylic acids is 2. The number of aliphatic hydroxyl groups is 7. The van der Waals surface area contributed by atoms with Crippen LogP contribution < -0.4 is 0 Å². The molecule has 11 nitrogen and oxygen atoms in total. The van der Waals surface area contributed by atoms with E-state index in [0.29, 0.717) is 5.57 Å². The Hall–Kier alpha value is -1.44. The second-order valence-corrected chi connectivity index (χ2v) is 9.94. The van der Waals surface area contributed by atoms with Crippen LogP contribution in [0.25, 0.3) is 0 Å². The molecule has 31 heavy (non-hydrogen) atoms. The molecule has 3 aliphatic carbocycles. The van der Waals surface area contributed by atoms with Crippen molar-refractivity contribution in [1.82, 2.24) is 0 Å². The second kappa shape index (κ2) is 5.72.